The molecule has 1 saturated heterocycles. The zero-order valence-corrected chi connectivity index (χ0v) is 26.5. The molecule has 236 valence electrons. The summed E-state index contributed by atoms with van der Waals surface area (Å²) in [6, 6.07) is 20.9. The van der Waals surface area contributed by atoms with Crippen molar-refractivity contribution in [2.45, 2.75) is 11.4 Å². The fourth-order valence-corrected chi connectivity index (χ4v) is 5.71. The molecule has 0 unspecified atom stereocenters. The summed E-state index contributed by atoms with van der Waals surface area (Å²) in [6.07, 6.45) is 4.68. The van der Waals surface area contributed by atoms with Crippen LogP contribution < -0.4 is 19.9 Å². The molecule has 2 heterocycles. The number of halogens is 1. The van der Waals surface area contributed by atoms with Gasteiger partial charge in [0.05, 0.1) is 35.9 Å². The van der Waals surface area contributed by atoms with E-state index in [0.29, 0.717) is 43.6 Å². The van der Waals surface area contributed by atoms with Crippen LogP contribution in [0.25, 0.3) is 6.08 Å². The molecule has 1 fully saturated rings. The van der Waals surface area contributed by atoms with Gasteiger partial charge in [0.25, 0.3) is 11.8 Å². The van der Waals surface area contributed by atoms with Crippen molar-refractivity contribution in [2.75, 3.05) is 19.0 Å². The molecule has 1 aliphatic rings. The van der Waals surface area contributed by atoms with E-state index in [1.807, 2.05) is 12.1 Å². The SMILES string of the molecule is COc1ccc(/C=N\N=C2\S/C(=C\c3cc(Cl)ccc3OCC(=O)Nc3ccc(S(N)(=O)=O)cc3)C(=O)N2Cc2ccco2)cc1. The normalized spacial score (nSPS) is 15.2. The van der Waals surface area contributed by atoms with Gasteiger partial charge in [-0.05, 0) is 102 Å². The predicted octanol–water partition coefficient (Wildman–Crippen LogP) is 5.11. The lowest BCUT2D eigenvalue weighted by Gasteiger charge is -2.13. The van der Waals surface area contributed by atoms with Crippen LogP contribution in [0.1, 0.15) is 16.9 Å². The molecule has 46 heavy (non-hydrogen) atoms. The number of ether oxygens (including phenoxy) is 2. The smallest absolute Gasteiger partial charge is 0.267 e. The average Bonchev–Trinajstić information content (AvgIpc) is 3.65. The van der Waals surface area contributed by atoms with Gasteiger partial charge in [0.15, 0.2) is 11.8 Å². The molecule has 3 aromatic carbocycles. The van der Waals surface area contributed by atoms with Crippen molar-refractivity contribution in [1.29, 1.82) is 0 Å². The van der Waals surface area contributed by atoms with E-state index in [2.05, 4.69) is 15.5 Å². The van der Waals surface area contributed by atoms with E-state index < -0.39 is 15.9 Å². The van der Waals surface area contributed by atoms with Crippen molar-refractivity contribution < 1.29 is 31.9 Å². The number of carbonyl (C=O) groups is 2. The fraction of sp³-hybridized carbons (Fsp3) is 0.0968. The molecule has 12 nitrogen and oxygen atoms in total. The fourth-order valence-electron chi connectivity index (χ4n) is 4.09. The Balaban J connectivity index is 1.33. The summed E-state index contributed by atoms with van der Waals surface area (Å²) in [5, 5.41) is 17.0. The molecule has 0 spiro atoms. The number of nitrogens with zero attached hydrogens (tertiary/aromatic N) is 3. The van der Waals surface area contributed by atoms with Gasteiger partial charge in [-0.3, -0.25) is 14.5 Å². The molecule has 0 bridgehead atoms. The maximum atomic E-state index is 13.6. The number of rotatable bonds is 11. The van der Waals surface area contributed by atoms with Crippen LogP contribution in [0.3, 0.4) is 0 Å². The van der Waals surface area contributed by atoms with E-state index in [9.17, 15) is 18.0 Å². The Kier molecular flexibility index (Phi) is 10.2. The highest BCUT2D eigenvalue weighted by Crippen LogP contribution is 2.36. The summed E-state index contributed by atoms with van der Waals surface area (Å²) in [4.78, 5) is 27.8. The lowest BCUT2D eigenvalue weighted by Crippen LogP contribution is -2.28. The molecule has 15 heteroatoms. The zero-order valence-electron chi connectivity index (χ0n) is 24.1. The van der Waals surface area contributed by atoms with Crippen molar-refractivity contribution in [1.82, 2.24) is 4.90 Å². The molecule has 2 amide bonds. The standard InChI is InChI=1S/C31H26ClN5O7S2/c1-42-24-9-4-20(5-10-24)17-34-36-31-37(18-25-3-2-14-43-25)30(39)28(45-31)16-21-15-22(32)6-13-27(21)44-19-29(38)35-23-7-11-26(12-8-23)46(33,40)41/h2-17H,18-19H2,1H3,(H,35,38)(H2,33,40,41)/b28-16-,34-17-,36-31+. The van der Waals surface area contributed by atoms with Crippen molar-refractivity contribution in [2.24, 2.45) is 15.3 Å². The van der Waals surface area contributed by atoms with E-state index in [0.717, 1.165) is 17.3 Å². The number of nitrogens with one attached hydrogen (secondary N) is 1. The van der Waals surface area contributed by atoms with E-state index in [1.54, 1.807) is 61.9 Å². The average molecular weight is 680 g/mol. The summed E-state index contributed by atoms with van der Waals surface area (Å²) in [5.74, 6) is 0.718. The Bertz CT molecular complexity index is 1930. The topological polar surface area (TPSA) is 166 Å². The highest BCUT2D eigenvalue weighted by atomic mass is 35.5. The highest BCUT2D eigenvalue weighted by molar-refractivity contribution is 8.18. The number of methoxy groups -OCH3 is 1. The van der Waals surface area contributed by atoms with Crippen molar-refractivity contribution in [3.8, 4) is 11.5 Å². The number of sulfonamides is 1. The minimum atomic E-state index is -3.86. The maximum Gasteiger partial charge on any atom is 0.267 e. The Morgan fingerprint density at radius 3 is 2.54 bits per heavy atom. The molecular formula is C31H26ClN5O7S2. The third kappa shape index (κ3) is 8.43. The third-order valence-corrected chi connectivity index (χ3v) is 8.49. The number of amidine groups is 1. The quantitative estimate of drug-likeness (QED) is 0.125. The number of benzene rings is 3. The molecule has 3 N–H and O–H groups in total. The number of primary sulfonamides is 1. The first-order valence-corrected chi connectivity index (χ1v) is 16.2. The van der Waals surface area contributed by atoms with Gasteiger partial charge in [-0.1, -0.05) is 11.6 Å². The van der Waals surface area contributed by atoms with Gasteiger partial charge in [0.2, 0.25) is 10.0 Å². The van der Waals surface area contributed by atoms with Crippen LogP contribution >= 0.6 is 23.4 Å². The van der Waals surface area contributed by atoms with E-state index in [4.69, 9.17) is 30.6 Å². The van der Waals surface area contributed by atoms with Gasteiger partial charge in [0.1, 0.15) is 17.3 Å². The Morgan fingerprint density at radius 1 is 1.11 bits per heavy atom. The summed E-state index contributed by atoms with van der Waals surface area (Å²) >= 11 is 7.38. The van der Waals surface area contributed by atoms with Crippen LogP contribution in [0.5, 0.6) is 11.5 Å². The molecule has 4 aromatic rings. The second kappa shape index (κ2) is 14.5. The summed E-state index contributed by atoms with van der Waals surface area (Å²) in [6.45, 7) is -0.252. The number of amides is 2. The maximum absolute atomic E-state index is 13.6. The van der Waals surface area contributed by atoms with Crippen LogP contribution in [0.2, 0.25) is 5.02 Å². The van der Waals surface area contributed by atoms with Gasteiger partial charge < -0.3 is 19.2 Å². The first-order chi connectivity index (χ1) is 22.1. The van der Waals surface area contributed by atoms with Crippen molar-refractivity contribution >= 4 is 68.3 Å². The minimum Gasteiger partial charge on any atom is -0.497 e. The number of hydrogen-bond acceptors (Lipinski definition) is 10. The molecule has 0 atom stereocenters. The molecule has 1 aromatic heterocycles. The molecule has 0 aliphatic carbocycles. The molecular weight excluding hydrogens is 654 g/mol. The molecule has 5 rings (SSSR count). The summed E-state index contributed by atoms with van der Waals surface area (Å²) < 4.78 is 39.3. The van der Waals surface area contributed by atoms with E-state index in [1.165, 1.54) is 35.4 Å². The Morgan fingerprint density at radius 2 is 1.87 bits per heavy atom. The van der Waals surface area contributed by atoms with Crippen LogP contribution in [0.15, 0.2) is 110 Å². The summed E-state index contributed by atoms with van der Waals surface area (Å²) in [5.41, 5.74) is 1.60. The Labute approximate surface area is 273 Å². The zero-order chi connectivity index (χ0) is 32.7. The van der Waals surface area contributed by atoms with Gasteiger partial charge in [-0.2, -0.15) is 5.10 Å². The highest BCUT2D eigenvalue weighted by Gasteiger charge is 2.34. The number of furan rings is 1. The van der Waals surface area contributed by atoms with Crippen LogP contribution in [0, 0.1) is 0 Å². The number of nitrogens with two attached hydrogens (primary N) is 1. The predicted molar refractivity (Wildman–Crippen MR) is 176 cm³/mol. The van der Waals surface area contributed by atoms with Crippen molar-refractivity contribution in [3.63, 3.8) is 0 Å². The lowest BCUT2D eigenvalue weighted by molar-refractivity contribution is -0.122. The number of anilines is 1. The molecule has 0 saturated carbocycles. The second-order valence-electron chi connectivity index (χ2n) is 9.57. The van der Waals surface area contributed by atoms with Gasteiger partial charge in [-0.15, -0.1) is 5.10 Å². The molecule has 1 aliphatic heterocycles. The monoisotopic (exact) mass is 679 g/mol. The van der Waals surface area contributed by atoms with Crippen LogP contribution in [-0.2, 0) is 26.2 Å². The number of thioether (sulfide) groups is 1. The number of hydrogen-bond donors (Lipinski definition) is 2. The van der Waals surface area contributed by atoms with Crippen molar-refractivity contribution in [3.05, 3.63) is 112 Å². The van der Waals surface area contributed by atoms with Gasteiger partial charge >= 0.3 is 0 Å². The Hall–Kier alpha value is -4.89. The van der Waals surface area contributed by atoms with Crippen LogP contribution in [-0.4, -0.2) is 50.2 Å². The second-order valence-corrected chi connectivity index (χ2v) is 12.6. The largest absolute Gasteiger partial charge is 0.497 e. The molecule has 0 radical (unpaired) electrons. The van der Waals surface area contributed by atoms with Crippen LogP contribution in [0.4, 0.5) is 5.69 Å². The van der Waals surface area contributed by atoms with E-state index >= 15 is 0 Å². The third-order valence-electron chi connectivity index (χ3n) is 6.33. The first-order valence-electron chi connectivity index (χ1n) is 13.4. The van der Waals surface area contributed by atoms with Gasteiger partial charge in [-0.25, -0.2) is 13.6 Å². The lowest BCUT2D eigenvalue weighted by atomic mass is 10.2. The number of carbonyl (C=O) groups excluding carboxylic acids is 2. The summed E-state index contributed by atoms with van der Waals surface area (Å²) in [7, 11) is -2.28. The van der Waals surface area contributed by atoms with E-state index in [-0.39, 0.29) is 24.0 Å². The van der Waals surface area contributed by atoms with Gasteiger partial charge in [0, 0.05) is 16.3 Å². The first kappa shape index (κ1) is 32.5. The minimum absolute atomic E-state index is 0.0834.